The Balaban J connectivity index is 2.10. The molecule has 0 radical (unpaired) electrons. The number of hydrogen-bond acceptors (Lipinski definition) is 2. The first kappa shape index (κ1) is 9.93. The summed E-state index contributed by atoms with van der Waals surface area (Å²) in [6.07, 6.45) is 2.33. The molecule has 0 aliphatic heterocycles. The summed E-state index contributed by atoms with van der Waals surface area (Å²) in [5.74, 6) is 0. The molecule has 2 nitrogen and oxygen atoms in total. The normalized spacial score (nSPS) is 9.85. The van der Waals surface area contributed by atoms with Crippen LogP contribution in [-0.4, -0.2) is 12.9 Å². The second-order valence-electron chi connectivity index (χ2n) is 2.85. The number of rotatable bonds is 6. The maximum absolute atomic E-state index is 9.98. The highest BCUT2D eigenvalue weighted by atomic mass is 16.5. The molecule has 0 saturated carbocycles. The minimum absolute atomic E-state index is 0.592. The zero-order chi connectivity index (χ0) is 9.36. The Bertz CT molecular complexity index is 231. The van der Waals surface area contributed by atoms with Gasteiger partial charge in [-0.05, 0) is 12.0 Å². The molecular weight excluding hydrogens is 165 g/mol. The minimum atomic E-state index is 0.592. The van der Waals surface area contributed by atoms with Crippen molar-refractivity contribution in [2.75, 3.05) is 6.61 Å². The van der Waals surface area contributed by atoms with Crippen molar-refractivity contribution in [3.63, 3.8) is 0 Å². The van der Waals surface area contributed by atoms with Gasteiger partial charge in [-0.25, -0.2) is 0 Å². The predicted octanol–water partition coefficient (Wildman–Crippen LogP) is 2.18. The van der Waals surface area contributed by atoms with Gasteiger partial charge in [0.1, 0.15) is 6.29 Å². The fraction of sp³-hybridized carbons (Fsp3) is 0.364. The molecule has 0 aliphatic rings. The number of unbranched alkanes of at least 4 members (excludes halogenated alkanes) is 1. The summed E-state index contributed by atoms with van der Waals surface area (Å²) < 4.78 is 5.36. The smallest absolute Gasteiger partial charge is 0.120 e. The van der Waals surface area contributed by atoms with Crippen molar-refractivity contribution in [1.29, 1.82) is 0 Å². The number of carbonyl (C=O) groups excluding carboxylic acids is 1. The van der Waals surface area contributed by atoms with Crippen molar-refractivity contribution in [2.24, 2.45) is 0 Å². The summed E-state index contributed by atoms with van der Waals surface area (Å²) in [6.45, 7) is 1.30. The van der Waals surface area contributed by atoms with Crippen LogP contribution in [0.25, 0.3) is 0 Å². The van der Waals surface area contributed by atoms with E-state index in [9.17, 15) is 4.79 Å². The summed E-state index contributed by atoms with van der Waals surface area (Å²) in [5.41, 5.74) is 1.17. The summed E-state index contributed by atoms with van der Waals surface area (Å²) in [7, 11) is 0. The Hall–Kier alpha value is -1.15. The summed E-state index contributed by atoms with van der Waals surface area (Å²) in [5, 5.41) is 0. The van der Waals surface area contributed by atoms with Gasteiger partial charge in [0.25, 0.3) is 0 Å². The molecule has 0 heterocycles. The Morgan fingerprint density at radius 2 is 2.00 bits per heavy atom. The van der Waals surface area contributed by atoms with Crippen LogP contribution in [0.4, 0.5) is 0 Å². The van der Waals surface area contributed by atoms with E-state index >= 15 is 0 Å². The SMILES string of the molecule is O=[13CH]CCCOCc1ccccc1. The molecule has 13 heavy (non-hydrogen) atoms. The van der Waals surface area contributed by atoms with Gasteiger partial charge in [-0.2, -0.15) is 0 Å². The first-order valence-corrected chi connectivity index (χ1v) is 4.49. The lowest BCUT2D eigenvalue weighted by molar-refractivity contribution is -0.108. The Labute approximate surface area is 78.5 Å². The average Bonchev–Trinajstić information content (AvgIpc) is 2.19. The third-order valence-corrected chi connectivity index (χ3v) is 1.72. The maximum Gasteiger partial charge on any atom is 0.120 e. The van der Waals surface area contributed by atoms with E-state index in [1.807, 2.05) is 30.3 Å². The Kier molecular flexibility index (Phi) is 4.87. The van der Waals surface area contributed by atoms with Crippen LogP contribution in [0.5, 0.6) is 0 Å². The van der Waals surface area contributed by atoms with Gasteiger partial charge in [-0.3, -0.25) is 0 Å². The molecule has 70 valence electrons. The van der Waals surface area contributed by atoms with E-state index in [0.717, 1.165) is 12.7 Å². The van der Waals surface area contributed by atoms with Gasteiger partial charge in [0.05, 0.1) is 6.61 Å². The van der Waals surface area contributed by atoms with Crippen LogP contribution in [0.3, 0.4) is 0 Å². The molecule has 0 fully saturated rings. The van der Waals surface area contributed by atoms with E-state index in [2.05, 4.69) is 0 Å². The van der Waals surface area contributed by atoms with Crippen molar-refractivity contribution in [3.05, 3.63) is 35.9 Å². The molecule has 0 aromatic heterocycles. The molecule has 0 spiro atoms. The van der Waals surface area contributed by atoms with Gasteiger partial charge < -0.3 is 9.53 Å². The van der Waals surface area contributed by atoms with Gasteiger partial charge in [0.2, 0.25) is 0 Å². The van der Waals surface area contributed by atoms with Crippen LogP contribution in [-0.2, 0) is 16.1 Å². The second kappa shape index (κ2) is 6.38. The molecule has 0 saturated heterocycles. The quantitative estimate of drug-likeness (QED) is 0.380. The molecule has 0 amide bonds. The number of aldehydes is 1. The lowest BCUT2D eigenvalue weighted by atomic mass is 10.2. The molecule has 0 N–H and O–H groups in total. The van der Waals surface area contributed by atoms with Crippen molar-refractivity contribution in [2.45, 2.75) is 19.4 Å². The number of ether oxygens (including phenoxy) is 1. The summed E-state index contributed by atoms with van der Waals surface area (Å²) in [4.78, 5) is 9.98. The molecule has 0 aliphatic carbocycles. The summed E-state index contributed by atoms with van der Waals surface area (Å²) in [6, 6.07) is 10.0. The highest BCUT2D eigenvalue weighted by Crippen LogP contribution is 2.00. The van der Waals surface area contributed by atoms with E-state index in [1.165, 1.54) is 5.56 Å². The lowest BCUT2D eigenvalue weighted by Crippen LogP contribution is -1.95. The Morgan fingerprint density at radius 1 is 1.23 bits per heavy atom. The van der Waals surface area contributed by atoms with Crippen LogP contribution in [0.15, 0.2) is 30.3 Å². The average molecular weight is 179 g/mol. The highest BCUT2D eigenvalue weighted by molar-refractivity contribution is 5.48. The van der Waals surface area contributed by atoms with Crippen LogP contribution >= 0.6 is 0 Å². The van der Waals surface area contributed by atoms with Crippen molar-refractivity contribution in [1.82, 2.24) is 0 Å². The molecule has 0 atom stereocenters. The van der Waals surface area contributed by atoms with E-state index in [4.69, 9.17) is 4.74 Å². The predicted molar refractivity (Wildman–Crippen MR) is 51.4 cm³/mol. The van der Waals surface area contributed by atoms with Crippen LogP contribution in [0.2, 0.25) is 0 Å². The van der Waals surface area contributed by atoms with Gasteiger partial charge in [0.15, 0.2) is 0 Å². The molecule has 1 aromatic carbocycles. The van der Waals surface area contributed by atoms with Crippen LogP contribution in [0.1, 0.15) is 18.4 Å². The first-order valence-electron chi connectivity index (χ1n) is 4.49. The maximum atomic E-state index is 9.98. The van der Waals surface area contributed by atoms with Crippen molar-refractivity contribution < 1.29 is 9.53 Å². The van der Waals surface area contributed by atoms with E-state index < -0.39 is 0 Å². The van der Waals surface area contributed by atoms with Crippen molar-refractivity contribution in [3.8, 4) is 0 Å². The zero-order valence-electron chi connectivity index (χ0n) is 7.61. The first-order chi connectivity index (χ1) is 6.43. The van der Waals surface area contributed by atoms with Crippen LogP contribution < -0.4 is 0 Å². The molecule has 0 unspecified atom stereocenters. The molecule has 2 heteroatoms. The number of benzene rings is 1. The molecule has 1 aromatic rings. The van der Waals surface area contributed by atoms with Crippen LogP contribution in [0, 0.1) is 0 Å². The second-order valence-corrected chi connectivity index (χ2v) is 2.85. The van der Waals surface area contributed by atoms with Crippen molar-refractivity contribution >= 4 is 6.29 Å². The third-order valence-electron chi connectivity index (χ3n) is 1.72. The molecule has 1 rings (SSSR count). The minimum Gasteiger partial charge on any atom is -0.377 e. The van der Waals surface area contributed by atoms with Gasteiger partial charge >= 0.3 is 0 Å². The fourth-order valence-corrected chi connectivity index (χ4v) is 1.03. The zero-order valence-corrected chi connectivity index (χ0v) is 7.61. The molecule has 0 bridgehead atoms. The summed E-state index contributed by atoms with van der Waals surface area (Å²) >= 11 is 0. The van der Waals surface area contributed by atoms with E-state index in [1.54, 1.807) is 0 Å². The van der Waals surface area contributed by atoms with E-state index in [-0.39, 0.29) is 0 Å². The lowest BCUT2D eigenvalue weighted by Gasteiger charge is -2.01. The Morgan fingerprint density at radius 3 is 2.69 bits per heavy atom. The largest absolute Gasteiger partial charge is 0.377 e. The topological polar surface area (TPSA) is 26.3 Å². The number of carbonyl (C=O) groups is 1. The highest BCUT2D eigenvalue weighted by Gasteiger charge is 1.91. The third kappa shape index (κ3) is 4.43. The van der Waals surface area contributed by atoms with Gasteiger partial charge in [0, 0.05) is 13.0 Å². The van der Waals surface area contributed by atoms with E-state index in [0.29, 0.717) is 19.6 Å². The molecular formula is C11H14O2. The fourth-order valence-electron chi connectivity index (χ4n) is 1.03. The monoisotopic (exact) mass is 179 g/mol. The standard InChI is InChI=1S/C11H14O2/c12-8-4-5-9-13-10-11-6-2-1-3-7-11/h1-3,6-8H,4-5,9-10H2/i8+1. The van der Waals surface area contributed by atoms with Gasteiger partial charge in [-0.15, -0.1) is 0 Å². The van der Waals surface area contributed by atoms with Gasteiger partial charge in [-0.1, -0.05) is 30.3 Å². The number of hydrogen-bond donors (Lipinski definition) is 0.